The zero-order chi connectivity index (χ0) is 15.3. The second-order valence-electron chi connectivity index (χ2n) is 4.40. The van der Waals surface area contributed by atoms with Crippen LogP contribution in [-0.4, -0.2) is 35.6 Å². The molecule has 110 valence electrons. The Labute approximate surface area is 127 Å². The Morgan fingerprint density at radius 3 is 2.65 bits per heavy atom. The van der Waals surface area contributed by atoms with Gasteiger partial charge in [0.2, 0.25) is 0 Å². The fourth-order valence-corrected chi connectivity index (χ4v) is 2.05. The minimum Gasteiger partial charge on any atom is -0.481 e. The Bertz CT molecular complexity index is 508. The van der Waals surface area contributed by atoms with E-state index in [0.29, 0.717) is 15.6 Å². The van der Waals surface area contributed by atoms with Crippen LogP contribution in [0.3, 0.4) is 0 Å². The summed E-state index contributed by atoms with van der Waals surface area (Å²) in [5.74, 6) is -0.949. The third kappa shape index (κ3) is 4.90. The molecule has 0 heterocycles. The van der Waals surface area contributed by atoms with Crippen LogP contribution in [0.1, 0.15) is 24.9 Å². The Hall–Kier alpha value is -1.46. The van der Waals surface area contributed by atoms with Crippen molar-refractivity contribution in [1.29, 1.82) is 0 Å². The van der Waals surface area contributed by atoms with Crippen LogP contribution in [0.15, 0.2) is 18.2 Å². The quantitative estimate of drug-likeness (QED) is 0.876. The number of urea groups is 1. The highest BCUT2D eigenvalue weighted by Gasteiger charge is 2.16. The molecule has 0 aromatic heterocycles. The van der Waals surface area contributed by atoms with Crippen LogP contribution < -0.4 is 5.32 Å². The molecule has 2 N–H and O–H groups in total. The average molecular weight is 319 g/mol. The van der Waals surface area contributed by atoms with Gasteiger partial charge < -0.3 is 15.3 Å². The van der Waals surface area contributed by atoms with Crippen molar-refractivity contribution in [2.24, 2.45) is 0 Å². The number of carbonyl (C=O) groups excluding carboxylic acids is 1. The van der Waals surface area contributed by atoms with Crippen molar-refractivity contribution in [3.05, 3.63) is 33.8 Å². The van der Waals surface area contributed by atoms with Gasteiger partial charge in [-0.2, -0.15) is 0 Å². The van der Waals surface area contributed by atoms with Gasteiger partial charge in [0.25, 0.3) is 0 Å². The molecule has 0 fully saturated rings. The number of nitrogens with one attached hydrogen (secondary N) is 1. The number of hydrogen-bond acceptors (Lipinski definition) is 2. The molecule has 20 heavy (non-hydrogen) atoms. The predicted molar refractivity (Wildman–Crippen MR) is 78.3 cm³/mol. The fourth-order valence-electron chi connectivity index (χ4n) is 1.58. The Balaban J connectivity index is 2.65. The largest absolute Gasteiger partial charge is 0.481 e. The molecular weight excluding hydrogens is 303 g/mol. The number of halogens is 2. The fraction of sp³-hybridized carbons (Fsp3) is 0.385. The maximum atomic E-state index is 11.9. The molecule has 0 aliphatic rings. The lowest BCUT2D eigenvalue weighted by molar-refractivity contribution is -0.137. The third-order valence-electron chi connectivity index (χ3n) is 2.77. The lowest BCUT2D eigenvalue weighted by Gasteiger charge is -2.21. The molecule has 1 aromatic rings. The molecule has 0 radical (unpaired) electrons. The van der Waals surface area contributed by atoms with Gasteiger partial charge in [-0.05, 0) is 30.7 Å². The van der Waals surface area contributed by atoms with Crippen LogP contribution in [0.2, 0.25) is 10.0 Å². The van der Waals surface area contributed by atoms with Crippen molar-refractivity contribution in [3.8, 4) is 0 Å². The van der Waals surface area contributed by atoms with Gasteiger partial charge in [0.1, 0.15) is 0 Å². The van der Waals surface area contributed by atoms with Crippen LogP contribution in [-0.2, 0) is 4.79 Å². The van der Waals surface area contributed by atoms with E-state index in [0.717, 1.165) is 0 Å². The van der Waals surface area contributed by atoms with E-state index in [1.54, 1.807) is 25.1 Å². The molecular formula is C13H16Cl2N2O3. The lowest BCUT2D eigenvalue weighted by Crippen LogP contribution is -2.39. The lowest BCUT2D eigenvalue weighted by atomic mass is 10.1. The second-order valence-corrected chi connectivity index (χ2v) is 5.25. The molecule has 0 unspecified atom stereocenters. The average Bonchev–Trinajstić information content (AvgIpc) is 2.38. The van der Waals surface area contributed by atoms with Crippen molar-refractivity contribution in [2.75, 3.05) is 13.6 Å². The van der Waals surface area contributed by atoms with Gasteiger partial charge in [0.15, 0.2) is 0 Å². The predicted octanol–water partition coefficient (Wildman–Crippen LogP) is 3.17. The molecule has 1 atom stereocenters. The summed E-state index contributed by atoms with van der Waals surface area (Å²) in [7, 11) is 1.53. The van der Waals surface area contributed by atoms with Crippen molar-refractivity contribution in [1.82, 2.24) is 10.2 Å². The Kier molecular flexibility index (Phi) is 6.10. The summed E-state index contributed by atoms with van der Waals surface area (Å²) in [6.07, 6.45) is -0.101. The number of amides is 2. The molecule has 2 amide bonds. The van der Waals surface area contributed by atoms with Crippen LogP contribution in [0.25, 0.3) is 0 Å². The highest BCUT2D eigenvalue weighted by molar-refractivity contribution is 6.33. The van der Waals surface area contributed by atoms with Gasteiger partial charge in [-0.15, -0.1) is 0 Å². The number of benzene rings is 1. The van der Waals surface area contributed by atoms with Gasteiger partial charge in [0, 0.05) is 23.6 Å². The van der Waals surface area contributed by atoms with Gasteiger partial charge >= 0.3 is 12.0 Å². The van der Waals surface area contributed by atoms with Crippen molar-refractivity contribution in [2.45, 2.75) is 19.4 Å². The molecule has 7 heteroatoms. The van der Waals surface area contributed by atoms with Crippen molar-refractivity contribution >= 4 is 35.2 Å². The van der Waals surface area contributed by atoms with Crippen LogP contribution in [0.4, 0.5) is 4.79 Å². The zero-order valence-electron chi connectivity index (χ0n) is 11.2. The summed E-state index contributed by atoms with van der Waals surface area (Å²) in [6.45, 7) is 1.91. The zero-order valence-corrected chi connectivity index (χ0v) is 12.7. The molecule has 0 saturated heterocycles. The third-order valence-corrected chi connectivity index (χ3v) is 3.35. The van der Waals surface area contributed by atoms with E-state index >= 15 is 0 Å². The van der Waals surface area contributed by atoms with E-state index in [9.17, 15) is 9.59 Å². The van der Waals surface area contributed by atoms with E-state index < -0.39 is 5.97 Å². The van der Waals surface area contributed by atoms with Gasteiger partial charge in [-0.3, -0.25) is 4.79 Å². The van der Waals surface area contributed by atoms with Gasteiger partial charge in [0.05, 0.1) is 12.5 Å². The second kappa shape index (κ2) is 7.36. The first-order valence-electron chi connectivity index (χ1n) is 5.99. The van der Waals surface area contributed by atoms with Crippen LogP contribution >= 0.6 is 23.2 Å². The van der Waals surface area contributed by atoms with E-state index in [4.69, 9.17) is 28.3 Å². The maximum absolute atomic E-state index is 11.9. The molecule has 0 aliphatic carbocycles. The molecule has 5 nitrogen and oxygen atoms in total. The minimum atomic E-state index is -0.949. The minimum absolute atomic E-state index is 0.101. The van der Waals surface area contributed by atoms with Crippen LogP contribution in [0, 0.1) is 0 Å². The number of rotatable bonds is 5. The van der Waals surface area contributed by atoms with E-state index in [-0.39, 0.29) is 25.0 Å². The number of carboxylic acid groups (broad SMARTS) is 1. The summed E-state index contributed by atoms with van der Waals surface area (Å²) < 4.78 is 0. The van der Waals surface area contributed by atoms with Crippen LogP contribution in [0.5, 0.6) is 0 Å². The molecule has 0 bridgehead atoms. The van der Waals surface area contributed by atoms with E-state index in [1.165, 1.54) is 11.9 Å². The standard InChI is InChI=1S/C13H16Cl2N2O3/c1-8(10-7-9(14)3-4-11(10)15)16-13(20)17(2)6-5-12(18)19/h3-4,7-8H,5-6H2,1-2H3,(H,16,20)(H,18,19)/t8-/m0/s1. The molecule has 0 aliphatic heterocycles. The molecule has 0 spiro atoms. The van der Waals surface area contributed by atoms with Gasteiger partial charge in [-0.1, -0.05) is 23.2 Å². The SMILES string of the molecule is C[C@H](NC(=O)N(C)CCC(=O)O)c1cc(Cl)ccc1Cl. The maximum Gasteiger partial charge on any atom is 0.317 e. The highest BCUT2D eigenvalue weighted by Crippen LogP contribution is 2.26. The first-order chi connectivity index (χ1) is 9.31. The Morgan fingerprint density at radius 1 is 1.40 bits per heavy atom. The first-order valence-corrected chi connectivity index (χ1v) is 6.75. The Morgan fingerprint density at radius 2 is 2.05 bits per heavy atom. The summed E-state index contributed by atoms with van der Waals surface area (Å²) in [5, 5.41) is 12.4. The van der Waals surface area contributed by atoms with Gasteiger partial charge in [-0.25, -0.2) is 4.79 Å². The van der Waals surface area contributed by atoms with E-state index in [2.05, 4.69) is 5.32 Å². The number of hydrogen-bond donors (Lipinski definition) is 2. The first kappa shape index (κ1) is 16.6. The highest BCUT2D eigenvalue weighted by atomic mass is 35.5. The number of nitrogens with zero attached hydrogens (tertiary/aromatic N) is 1. The summed E-state index contributed by atoms with van der Waals surface area (Å²) in [5.41, 5.74) is 0.708. The molecule has 1 rings (SSSR count). The van der Waals surface area contributed by atoms with E-state index in [1.807, 2.05) is 0 Å². The molecule has 0 saturated carbocycles. The summed E-state index contributed by atoms with van der Waals surface area (Å²) >= 11 is 12.0. The number of carboxylic acids is 1. The number of aliphatic carboxylic acids is 1. The number of carbonyl (C=O) groups is 2. The summed E-state index contributed by atoms with van der Waals surface area (Å²) in [4.78, 5) is 23.7. The smallest absolute Gasteiger partial charge is 0.317 e. The topological polar surface area (TPSA) is 69.6 Å². The summed E-state index contributed by atoms with van der Waals surface area (Å²) in [6, 6.07) is 4.32. The molecule has 1 aromatic carbocycles. The monoisotopic (exact) mass is 318 g/mol. The van der Waals surface area contributed by atoms with Crippen molar-refractivity contribution < 1.29 is 14.7 Å². The normalized spacial score (nSPS) is 11.8. The van der Waals surface area contributed by atoms with Crippen molar-refractivity contribution in [3.63, 3.8) is 0 Å².